The molecule has 1 N–H and O–H groups in total. The normalized spacial score (nSPS) is 14.9. The molecule has 0 radical (unpaired) electrons. The predicted octanol–water partition coefficient (Wildman–Crippen LogP) is 3.21. The standard InChI is InChI=1S/C21H24FN5.HI/c1-24-21(25-15-19-8-7-18(14-23)13-20(19)22)27-11-9-26(10-12-27)16-17-5-3-2-4-6-17;/h2-8,13H,9-12,15-16H2,1H3,(H,24,25);1H. The van der Waals surface area contributed by atoms with Crippen LogP contribution in [-0.4, -0.2) is 49.0 Å². The summed E-state index contributed by atoms with van der Waals surface area (Å²) in [6.45, 7) is 4.97. The fraction of sp³-hybridized carbons (Fsp3) is 0.333. The largest absolute Gasteiger partial charge is 0.352 e. The molecule has 1 saturated heterocycles. The molecule has 0 atom stereocenters. The van der Waals surface area contributed by atoms with Crippen LogP contribution in [0, 0.1) is 17.1 Å². The maximum Gasteiger partial charge on any atom is 0.194 e. The zero-order valence-corrected chi connectivity index (χ0v) is 18.3. The second-order valence-electron chi connectivity index (χ2n) is 6.57. The smallest absolute Gasteiger partial charge is 0.194 e. The van der Waals surface area contributed by atoms with Crippen LogP contribution in [0.15, 0.2) is 53.5 Å². The van der Waals surface area contributed by atoms with Crippen molar-refractivity contribution in [1.82, 2.24) is 15.1 Å². The van der Waals surface area contributed by atoms with Gasteiger partial charge in [-0.25, -0.2) is 4.39 Å². The van der Waals surface area contributed by atoms with Gasteiger partial charge in [0.15, 0.2) is 5.96 Å². The second kappa shape index (κ2) is 11.0. The minimum Gasteiger partial charge on any atom is -0.352 e. The Morgan fingerprint density at radius 1 is 1.14 bits per heavy atom. The third kappa shape index (κ3) is 5.91. The molecule has 28 heavy (non-hydrogen) atoms. The molecule has 0 unspecified atom stereocenters. The van der Waals surface area contributed by atoms with E-state index in [4.69, 9.17) is 5.26 Å². The van der Waals surface area contributed by atoms with E-state index in [1.54, 1.807) is 19.2 Å². The Balaban J connectivity index is 0.00000280. The van der Waals surface area contributed by atoms with E-state index in [2.05, 4.69) is 44.4 Å². The molecule has 2 aromatic rings. The number of guanidine groups is 1. The monoisotopic (exact) mass is 493 g/mol. The van der Waals surface area contributed by atoms with Gasteiger partial charge in [0.1, 0.15) is 5.82 Å². The van der Waals surface area contributed by atoms with Gasteiger partial charge in [-0.1, -0.05) is 36.4 Å². The van der Waals surface area contributed by atoms with E-state index in [9.17, 15) is 4.39 Å². The van der Waals surface area contributed by atoms with Crippen LogP contribution >= 0.6 is 24.0 Å². The molecular weight excluding hydrogens is 468 g/mol. The lowest BCUT2D eigenvalue weighted by Crippen LogP contribution is -2.52. The van der Waals surface area contributed by atoms with E-state index in [1.165, 1.54) is 11.6 Å². The molecule has 7 heteroatoms. The van der Waals surface area contributed by atoms with Crippen LogP contribution in [0.5, 0.6) is 0 Å². The number of benzene rings is 2. The summed E-state index contributed by atoms with van der Waals surface area (Å²) in [6.07, 6.45) is 0. The summed E-state index contributed by atoms with van der Waals surface area (Å²) in [6, 6.07) is 17.0. The Kier molecular flexibility index (Phi) is 8.67. The van der Waals surface area contributed by atoms with Crippen molar-refractivity contribution in [3.63, 3.8) is 0 Å². The Bertz CT molecular complexity index is 826. The van der Waals surface area contributed by atoms with E-state index in [-0.39, 0.29) is 29.8 Å². The molecule has 1 aliphatic heterocycles. The predicted molar refractivity (Wildman–Crippen MR) is 120 cm³/mol. The van der Waals surface area contributed by atoms with E-state index < -0.39 is 0 Å². The van der Waals surface area contributed by atoms with Crippen molar-refractivity contribution in [2.45, 2.75) is 13.1 Å². The highest BCUT2D eigenvalue weighted by molar-refractivity contribution is 14.0. The first-order chi connectivity index (χ1) is 13.2. The van der Waals surface area contributed by atoms with E-state index in [0.717, 1.165) is 38.7 Å². The Hall–Kier alpha value is -2.18. The van der Waals surface area contributed by atoms with Gasteiger partial charge in [-0.05, 0) is 17.7 Å². The zero-order valence-electron chi connectivity index (χ0n) is 15.9. The van der Waals surface area contributed by atoms with E-state index in [0.29, 0.717) is 17.7 Å². The molecule has 0 bridgehead atoms. The van der Waals surface area contributed by atoms with Gasteiger partial charge in [0.2, 0.25) is 0 Å². The lowest BCUT2D eigenvalue weighted by atomic mass is 10.1. The maximum absolute atomic E-state index is 14.0. The minimum atomic E-state index is -0.371. The summed E-state index contributed by atoms with van der Waals surface area (Å²) >= 11 is 0. The van der Waals surface area contributed by atoms with Gasteiger partial charge in [-0.2, -0.15) is 5.26 Å². The minimum absolute atomic E-state index is 0. The first-order valence-corrected chi connectivity index (χ1v) is 9.10. The third-order valence-electron chi connectivity index (χ3n) is 4.75. The highest BCUT2D eigenvalue weighted by atomic mass is 127. The van der Waals surface area contributed by atoms with Crippen LogP contribution in [0.25, 0.3) is 0 Å². The van der Waals surface area contributed by atoms with Crippen LogP contribution in [0.2, 0.25) is 0 Å². The molecule has 0 saturated carbocycles. The summed E-state index contributed by atoms with van der Waals surface area (Å²) < 4.78 is 14.0. The number of hydrogen-bond donors (Lipinski definition) is 1. The van der Waals surface area contributed by atoms with Gasteiger partial charge in [0.05, 0.1) is 11.6 Å². The molecule has 2 aromatic carbocycles. The highest BCUT2D eigenvalue weighted by Crippen LogP contribution is 2.11. The molecule has 0 amide bonds. The topological polar surface area (TPSA) is 54.7 Å². The number of aliphatic imine (C=N–C) groups is 1. The maximum atomic E-state index is 14.0. The zero-order chi connectivity index (χ0) is 19.1. The average molecular weight is 493 g/mol. The highest BCUT2D eigenvalue weighted by Gasteiger charge is 2.19. The summed E-state index contributed by atoms with van der Waals surface area (Å²) in [5, 5.41) is 12.1. The van der Waals surface area contributed by atoms with Gasteiger partial charge in [-0.3, -0.25) is 9.89 Å². The first-order valence-electron chi connectivity index (χ1n) is 9.10. The third-order valence-corrected chi connectivity index (χ3v) is 4.75. The molecular formula is C21H25FIN5. The number of rotatable bonds is 4. The number of hydrogen-bond acceptors (Lipinski definition) is 3. The second-order valence-corrected chi connectivity index (χ2v) is 6.57. The molecule has 1 heterocycles. The molecule has 0 aromatic heterocycles. The summed E-state index contributed by atoms with van der Waals surface area (Å²) in [4.78, 5) is 8.96. The SMILES string of the molecule is CN=C(NCc1ccc(C#N)cc1F)N1CCN(Cc2ccccc2)CC1.I. The number of nitriles is 1. The van der Waals surface area contributed by atoms with Crippen LogP contribution in [0.4, 0.5) is 4.39 Å². The fourth-order valence-corrected chi connectivity index (χ4v) is 3.23. The van der Waals surface area contributed by atoms with Gasteiger partial charge >= 0.3 is 0 Å². The first kappa shape index (κ1) is 22.1. The molecule has 1 aliphatic rings. The molecule has 5 nitrogen and oxygen atoms in total. The summed E-state index contributed by atoms with van der Waals surface area (Å²) in [5.41, 5.74) is 2.18. The molecule has 0 aliphatic carbocycles. The Morgan fingerprint density at radius 2 is 1.86 bits per heavy atom. The van der Waals surface area contributed by atoms with E-state index >= 15 is 0 Å². The van der Waals surface area contributed by atoms with Gasteiger partial charge in [-0.15, -0.1) is 24.0 Å². The van der Waals surface area contributed by atoms with Crippen molar-refractivity contribution in [1.29, 1.82) is 5.26 Å². The van der Waals surface area contributed by atoms with Gasteiger partial charge in [0.25, 0.3) is 0 Å². The number of nitrogens with zero attached hydrogens (tertiary/aromatic N) is 4. The van der Waals surface area contributed by atoms with Crippen molar-refractivity contribution >= 4 is 29.9 Å². The van der Waals surface area contributed by atoms with Gasteiger partial charge in [0, 0.05) is 51.9 Å². The van der Waals surface area contributed by atoms with Crippen molar-refractivity contribution < 1.29 is 4.39 Å². The average Bonchev–Trinajstić information content (AvgIpc) is 2.71. The molecule has 3 rings (SSSR count). The summed E-state index contributed by atoms with van der Waals surface area (Å²) in [5.74, 6) is 0.405. The fourth-order valence-electron chi connectivity index (χ4n) is 3.23. The van der Waals surface area contributed by atoms with Crippen molar-refractivity contribution in [3.05, 3.63) is 71.0 Å². The Labute approximate surface area is 182 Å². The van der Waals surface area contributed by atoms with Crippen LogP contribution < -0.4 is 5.32 Å². The quantitative estimate of drug-likeness (QED) is 0.404. The van der Waals surface area contributed by atoms with Crippen LogP contribution in [0.3, 0.4) is 0 Å². The van der Waals surface area contributed by atoms with Gasteiger partial charge < -0.3 is 10.2 Å². The van der Waals surface area contributed by atoms with Crippen LogP contribution in [0.1, 0.15) is 16.7 Å². The van der Waals surface area contributed by atoms with Crippen molar-refractivity contribution in [2.75, 3.05) is 33.2 Å². The van der Waals surface area contributed by atoms with E-state index in [1.807, 2.05) is 12.1 Å². The molecule has 1 fully saturated rings. The van der Waals surface area contributed by atoms with Crippen molar-refractivity contribution in [3.8, 4) is 6.07 Å². The van der Waals surface area contributed by atoms with Crippen molar-refractivity contribution in [2.24, 2.45) is 4.99 Å². The molecule has 148 valence electrons. The lowest BCUT2D eigenvalue weighted by molar-refractivity contribution is 0.172. The van der Waals surface area contributed by atoms with Crippen LogP contribution in [-0.2, 0) is 13.1 Å². The number of piperazine rings is 1. The Morgan fingerprint density at radius 3 is 2.46 bits per heavy atom. The summed E-state index contributed by atoms with van der Waals surface area (Å²) in [7, 11) is 1.74. The molecule has 0 spiro atoms. The lowest BCUT2D eigenvalue weighted by Gasteiger charge is -2.36. The number of nitrogens with one attached hydrogen (secondary N) is 1. The number of halogens is 2.